The Morgan fingerprint density at radius 1 is 1.17 bits per heavy atom. The van der Waals surface area contributed by atoms with Crippen molar-refractivity contribution in [2.75, 3.05) is 5.32 Å². The van der Waals surface area contributed by atoms with Gasteiger partial charge in [-0.1, -0.05) is 0 Å². The van der Waals surface area contributed by atoms with Crippen LogP contribution in [0.1, 0.15) is 35.9 Å². The molecule has 0 saturated heterocycles. The third kappa shape index (κ3) is 2.97. The summed E-state index contributed by atoms with van der Waals surface area (Å²) in [5, 5.41) is 7.48. The van der Waals surface area contributed by atoms with Crippen LogP contribution in [0.15, 0.2) is 30.5 Å². The number of hydrogen-bond acceptors (Lipinski definition) is 3. The van der Waals surface area contributed by atoms with Crippen molar-refractivity contribution in [1.82, 2.24) is 14.8 Å². The molecule has 3 rings (SSSR count). The molecule has 0 unspecified atom stereocenters. The normalized spacial score (nSPS) is 11.2. The summed E-state index contributed by atoms with van der Waals surface area (Å²) in [5.41, 5.74) is 1.58. The van der Waals surface area contributed by atoms with Gasteiger partial charge in [-0.05, 0) is 39.0 Å². The van der Waals surface area contributed by atoms with Gasteiger partial charge in [0.1, 0.15) is 11.6 Å². The summed E-state index contributed by atoms with van der Waals surface area (Å²) in [6.45, 7) is 5.68. The summed E-state index contributed by atoms with van der Waals surface area (Å²) in [5.74, 6) is -1.99. The Kier molecular flexibility index (Phi) is 4.01. The van der Waals surface area contributed by atoms with Crippen molar-refractivity contribution in [1.29, 1.82) is 0 Å². The minimum absolute atomic E-state index is 0.0508. The SMILES string of the molecule is Cc1nc2c(cnn2C(C)C)cc1C(=O)Nc1cc(F)cc(F)c1. The molecule has 2 heterocycles. The second-order valence-corrected chi connectivity index (χ2v) is 5.83. The zero-order valence-corrected chi connectivity index (χ0v) is 13.5. The third-order valence-corrected chi connectivity index (χ3v) is 3.61. The van der Waals surface area contributed by atoms with Crippen LogP contribution in [0.2, 0.25) is 0 Å². The molecule has 0 saturated carbocycles. The number of carbonyl (C=O) groups is 1. The predicted octanol–water partition coefficient (Wildman–Crippen LogP) is 3.85. The quantitative estimate of drug-likeness (QED) is 0.793. The van der Waals surface area contributed by atoms with Crippen molar-refractivity contribution in [3.63, 3.8) is 0 Å². The highest BCUT2D eigenvalue weighted by Gasteiger charge is 2.16. The van der Waals surface area contributed by atoms with Crippen LogP contribution in [0.4, 0.5) is 14.5 Å². The van der Waals surface area contributed by atoms with E-state index in [2.05, 4.69) is 15.4 Å². The first-order valence-corrected chi connectivity index (χ1v) is 7.47. The van der Waals surface area contributed by atoms with Crippen molar-refractivity contribution in [2.45, 2.75) is 26.8 Å². The number of carbonyl (C=O) groups excluding carboxylic acids is 1. The molecule has 124 valence electrons. The van der Waals surface area contributed by atoms with Crippen LogP contribution in [0.3, 0.4) is 0 Å². The molecular weight excluding hydrogens is 314 g/mol. The Labute approximate surface area is 137 Å². The van der Waals surface area contributed by atoms with Gasteiger partial charge in [0.25, 0.3) is 5.91 Å². The van der Waals surface area contributed by atoms with Crippen LogP contribution in [0.5, 0.6) is 0 Å². The van der Waals surface area contributed by atoms with Gasteiger partial charge in [-0.25, -0.2) is 18.4 Å². The molecule has 0 bridgehead atoms. The maximum atomic E-state index is 13.2. The van der Waals surface area contributed by atoms with Crippen LogP contribution in [-0.4, -0.2) is 20.7 Å². The molecule has 0 fully saturated rings. The van der Waals surface area contributed by atoms with Crippen LogP contribution in [0, 0.1) is 18.6 Å². The number of hydrogen-bond donors (Lipinski definition) is 1. The van der Waals surface area contributed by atoms with Crippen molar-refractivity contribution in [2.24, 2.45) is 0 Å². The van der Waals surface area contributed by atoms with Gasteiger partial charge in [0.05, 0.1) is 17.5 Å². The van der Waals surface area contributed by atoms with Crippen molar-refractivity contribution >= 4 is 22.6 Å². The molecule has 0 aliphatic heterocycles. The first-order chi connectivity index (χ1) is 11.3. The number of nitrogens with one attached hydrogen (secondary N) is 1. The number of aromatic nitrogens is 3. The van der Waals surface area contributed by atoms with Gasteiger partial charge in [-0.3, -0.25) is 4.79 Å². The zero-order chi connectivity index (χ0) is 17.4. The molecule has 5 nitrogen and oxygen atoms in total. The molecule has 2 aromatic heterocycles. The smallest absolute Gasteiger partial charge is 0.257 e. The molecule has 3 aromatic rings. The molecule has 7 heteroatoms. The number of halogens is 2. The van der Waals surface area contributed by atoms with Crippen molar-refractivity contribution in [3.8, 4) is 0 Å². The van der Waals surface area contributed by atoms with E-state index in [0.717, 1.165) is 23.6 Å². The molecule has 0 atom stereocenters. The highest BCUT2D eigenvalue weighted by atomic mass is 19.1. The number of rotatable bonds is 3. The highest BCUT2D eigenvalue weighted by Crippen LogP contribution is 2.21. The summed E-state index contributed by atoms with van der Waals surface area (Å²) in [6.07, 6.45) is 1.64. The summed E-state index contributed by atoms with van der Waals surface area (Å²) in [4.78, 5) is 16.9. The van der Waals surface area contributed by atoms with Gasteiger partial charge in [0.2, 0.25) is 0 Å². The minimum atomic E-state index is -0.756. The van der Waals surface area contributed by atoms with Crippen LogP contribution in [-0.2, 0) is 0 Å². The lowest BCUT2D eigenvalue weighted by molar-refractivity contribution is 0.102. The molecular formula is C17H16F2N4O. The molecule has 1 amide bonds. The highest BCUT2D eigenvalue weighted by molar-refractivity contribution is 6.06. The number of fused-ring (bicyclic) bond motifs is 1. The Morgan fingerprint density at radius 3 is 2.46 bits per heavy atom. The number of anilines is 1. The Hall–Kier alpha value is -2.83. The Balaban J connectivity index is 1.96. The van der Waals surface area contributed by atoms with E-state index in [1.807, 2.05) is 13.8 Å². The van der Waals surface area contributed by atoms with Gasteiger partial charge in [0.15, 0.2) is 5.65 Å². The maximum Gasteiger partial charge on any atom is 0.257 e. The van der Waals surface area contributed by atoms with Crippen molar-refractivity contribution in [3.05, 3.63) is 53.4 Å². The molecule has 1 N–H and O–H groups in total. The lowest BCUT2D eigenvalue weighted by Gasteiger charge is -2.10. The van der Waals surface area contributed by atoms with E-state index < -0.39 is 17.5 Å². The van der Waals surface area contributed by atoms with E-state index in [1.54, 1.807) is 23.9 Å². The van der Waals surface area contributed by atoms with E-state index >= 15 is 0 Å². The standard InChI is InChI=1S/C17H16F2N4O/c1-9(2)23-16-11(8-20-23)4-15(10(3)21-16)17(24)22-14-6-12(18)5-13(19)7-14/h4-9H,1-3H3,(H,22,24). The molecule has 24 heavy (non-hydrogen) atoms. The van der Waals surface area contributed by atoms with Crippen molar-refractivity contribution < 1.29 is 13.6 Å². The van der Waals surface area contributed by atoms with Crippen LogP contribution >= 0.6 is 0 Å². The Bertz CT molecular complexity index is 913. The Morgan fingerprint density at radius 2 is 1.83 bits per heavy atom. The lowest BCUT2D eigenvalue weighted by Crippen LogP contribution is -2.15. The summed E-state index contributed by atoms with van der Waals surface area (Å²) < 4.78 is 28.2. The fraction of sp³-hybridized carbons (Fsp3) is 0.235. The average Bonchev–Trinajstić information content (AvgIpc) is 2.87. The van der Waals surface area contributed by atoms with Gasteiger partial charge < -0.3 is 5.32 Å². The molecule has 0 spiro atoms. The summed E-state index contributed by atoms with van der Waals surface area (Å²) >= 11 is 0. The fourth-order valence-corrected chi connectivity index (χ4v) is 2.50. The fourth-order valence-electron chi connectivity index (χ4n) is 2.50. The van der Waals surface area contributed by atoms with Gasteiger partial charge in [-0.15, -0.1) is 0 Å². The zero-order valence-electron chi connectivity index (χ0n) is 13.5. The first-order valence-electron chi connectivity index (χ1n) is 7.47. The van der Waals surface area contributed by atoms with Crippen LogP contribution in [0.25, 0.3) is 11.0 Å². The topological polar surface area (TPSA) is 59.8 Å². The average molecular weight is 330 g/mol. The molecule has 1 aromatic carbocycles. The second-order valence-electron chi connectivity index (χ2n) is 5.83. The molecule has 0 aliphatic carbocycles. The van der Waals surface area contributed by atoms with E-state index in [0.29, 0.717) is 16.9 Å². The maximum absolute atomic E-state index is 13.2. The third-order valence-electron chi connectivity index (χ3n) is 3.61. The van der Waals surface area contributed by atoms with Gasteiger partial charge >= 0.3 is 0 Å². The lowest BCUT2D eigenvalue weighted by atomic mass is 10.1. The largest absolute Gasteiger partial charge is 0.322 e. The number of benzene rings is 1. The van der Waals surface area contributed by atoms with E-state index in [1.165, 1.54) is 0 Å². The van der Waals surface area contributed by atoms with E-state index in [4.69, 9.17) is 0 Å². The molecule has 0 aliphatic rings. The number of nitrogens with zero attached hydrogens (tertiary/aromatic N) is 3. The van der Waals surface area contributed by atoms with Gasteiger partial charge in [0, 0.05) is 23.2 Å². The van der Waals surface area contributed by atoms with Gasteiger partial charge in [-0.2, -0.15) is 5.10 Å². The number of aryl methyl sites for hydroxylation is 1. The minimum Gasteiger partial charge on any atom is -0.322 e. The first kappa shape index (κ1) is 16.0. The van der Waals surface area contributed by atoms with E-state index in [9.17, 15) is 13.6 Å². The summed E-state index contributed by atoms with van der Waals surface area (Å²) in [7, 11) is 0. The molecule has 0 radical (unpaired) electrons. The second kappa shape index (κ2) is 5.99. The number of amides is 1. The predicted molar refractivity (Wildman–Crippen MR) is 87.0 cm³/mol. The summed E-state index contributed by atoms with van der Waals surface area (Å²) in [6, 6.07) is 4.67. The van der Waals surface area contributed by atoms with Crippen LogP contribution < -0.4 is 5.32 Å². The van der Waals surface area contributed by atoms with E-state index in [-0.39, 0.29) is 11.7 Å². The number of pyridine rings is 1. The monoisotopic (exact) mass is 330 g/mol.